The molecule has 0 unspecified atom stereocenters. The Bertz CT molecular complexity index is 1050. The number of carbonyl (C=O) groups is 1. The average molecular weight is 401 g/mol. The van der Waals surface area contributed by atoms with E-state index in [1.165, 1.54) is 22.9 Å². The first-order valence-electron chi connectivity index (χ1n) is 8.37. The quantitative estimate of drug-likeness (QED) is 0.664. The zero-order chi connectivity index (χ0) is 19.6. The number of para-hydroxylation sites is 1. The number of hydrogen-bond donors (Lipinski definition) is 1. The molecule has 3 aromatic rings. The van der Waals surface area contributed by atoms with Crippen molar-refractivity contribution in [1.82, 2.24) is 4.57 Å². The largest absolute Gasteiger partial charge is 0.321 e. The molecule has 0 spiro atoms. The molecule has 0 fully saturated rings. The van der Waals surface area contributed by atoms with Crippen molar-refractivity contribution in [1.29, 1.82) is 0 Å². The standard InChI is InChI=1S/C21H18Cl2N2O2/c1-13-4-3-5-14(2)20(13)24-21(27)16-7-9-19(26)25(12-16)11-15-6-8-17(22)10-18(15)23/h3-10,12H,11H2,1-2H3,(H,24,27). The van der Waals surface area contributed by atoms with E-state index in [-0.39, 0.29) is 18.0 Å². The summed E-state index contributed by atoms with van der Waals surface area (Å²) in [5.41, 5.74) is 3.65. The van der Waals surface area contributed by atoms with Gasteiger partial charge in [0.15, 0.2) is 0 Å². The molecular formula is C21H18Cl2N2O2. The van der Waals surface area contributed by atoms with E-state index in [9.17, 15) is 9.59 Å². The van der Waals surface area contributed by atoms with Crippen molar-refractivity contribution < 1.29 is 4.79 Å². The van der Waals surface area contributed by atoms with Crippen LogP contribution in [0.2, 0.25) is 10.0 Å². The molecule has 3 rings (SSSR count). The SMILES string of the molecule is Cc1cccc(C)c1NC(=O)c1ccc(=O)n(Cc2ccc(Cl)cc2Cl)c1. The number of carbonyl (C=O) groups excluding carboxylic acids is 1. The molecule has 0 radical (unpaired) electrons. The molecule has 138 valence electrons. The van der Waals surface area contributed by atoms with E-state index in [4.69, 9.17) is 23.2 Å². The first-order valence-corrected chi connectivity index (χ1v) is 9.13. The molecule has 0 aliphatic carbocycles. The molecule has 1 N–H and O–H groups in total. The number of aromatic nitrogens is 1. The van der Waals surface area contributed by atoms with E-state index in [2.05, 4.69) is 5.32 Å². The zero-order valence-electron chi connectivity index (χ0n) is 14.9. The number of rotatable bonds is 4. The number of amides is 1. The van der Waals surface area contributed by atoms with Crippen molar-refractivity contribution in [2.45, 2.75) is 20.4 Å². The summed E-state index contributed by atoms with van der Waals surface area (Å²) in [6.45, 7) is 4.12. The van der Waals surface area contributed by atoms with Gasteiger partial charge in [-0.2, -0.15) is 0 Å². The molecule has 4 nitrogen and oxygen atoms in total. The second-order valence-electron chi connectivity index (χ2n) is 6.34. The lowest BCUT2D eigenvalue weighted by Gasteiger charge is -2.13. The topological polar surface area (TPSA) is 51.1 Å². The van der Waals surface area contributed by atoms with Crippen LogP contribution in [0, 0.1) is 13.8 Å². The van der Waals surface area contributed by atoms with Crippen molar-refractivity contribution >= 4 is 34.8 Å². The Morgan fingerprint density at radius 3 is 2.41 bits per heavy atom. The van der Waals surface area contributed by atoms with Gasteiger partial charge in [-0.05, 0) is 48.7 Å². The normalized spacial score (nSPS) is 10.7. The second kappa shape index (κ2) is 7.99. The molecule has 1 heterocycles. The molecule has 0 atom stereocenters. The molecule has 0 aliphatic heterocycles. The van der Waals surface area contributed by atoms with Crippen LogP contribution >= 0.6 is 23.2 Å². The zero-order valence-corrected chi connectivity index (χ0v) is 16.4. The summed E-state index contributed by atoms with van der Waals surface area (Å²) in [4.78, 5) is 24.9. The van der Waals surface area contributed by atoms with Gasteiger partial charge in [-0.3, -0.25) is 9.59 Å². The highest BCUT2D eigenvalue weighted by Gasteiger charge is 2.12. The first kappa shape index (κ1) is 19.2. The van der Waals surface area contributed by atoms with Crippen LogP contribution in [0.3, 0.4) is 0 Å². The third-order valence-corrected chi connectivity index (χ3v) is 4.91. The van der Waals surface area contributed by atoms with E-state index in [0.29, 0.717) is 15.6 Å². The van der Waals surface area contributed by atoms with Crippen LogP contribution in [-0.2, 0) is 6.54 Å². The van der Waals surface area contributed by atoms with Gasteiger partial charge < -0.3 is 9.88 Å². The highest BCUT2D eigenvalue weighted by atomic mass is 35.5. The smallest absolute Gasteiger partial charge is 0.257 e. The van der Waals surface area contributed by atoms with Crippen molar-refractivity contribution in [2.24, 2.45) is 0 Å². The molecule has 0 aliphatic rings. The van der Waals surface area contributed by atoms with Crippen LogP contribution < -0.4 is 10.9 Å². The number of benzene rings is 2. The molecular weight excluding hydrogens is 383 g/mol. The predicted molar refractivity (Wildman–Crippen MR) is 110 cm³/mol. The Morgan fingerprint density at radius 2 is 1.74 bits per heavy atom. The number of nitrogens with zero attached hydrogens (tertiary/aromatic N) is 1. The lowest BCUT2D eigenvalue weighted by molar-refractivity contribution is 0.102. The Morgan fingerprint density at radius 1 is 1.04 bits per heavy atom. The average Bonchev–Trinajstić information content (AvgIpc) is 2.62. The number of hydrogen-bond acceptors (Lipinski definition) is 2. The van der Waals surface area contributed by atoms with Gasteiger partial charge in [-0.25, -0.2) is 0 Å². The summed E-state index contributed by atoms with van der Waals surface area (Å²) in [5, 5.41) is 3.92. The van der Waals surface area contributed by atoms with E-state index in [1.54, 1.807) is 18.2 Å². The molecule has 0 saturated heterocycles. The summed E-state index contributed by atoms with van der Waals surface area (Å²) in [5.74, 6) is -0.275. The predicted octanol–water partition coefficient (Wildman–Crippen LogP) is 5.07. The maximum absolute atomic E-state index is 12.7. The third kappa shape index (κ3) is 4.41. The monoisotopic (exact) mass is 400 g/mol. The minimum Gasteiger partial charge on any atom is -0.321 e. The van der Waals surface area contributed by atoms with Gasteiger partial charge in [0, 0.05) is 28.0 Å². The maximum Gasteiger partial charge on any atom is 0.257 e. The minimum absolute atomic E-state index is 0.218. The van der Waals surface area contributed by atoms with Crippen LogP contribution in [-0.4, -0.2) is 10.5 Å². The van der Waals surface area contributed by atoms with Gasteiger partial charge in [0.2, 0.25) is 0 Å². The minimum atomic E-state index is -0.275. The molecule has 0 saturated carbocycles. The number of halogens is 2. The van der Waals surface area contributed by atoms with Crippen LogP contribution in [0.15, 0.2) is 59.5 Å². The maximum atomic E-state index is 12.7. The molecule has 1 aromatic heterocycles. The summed E-state index contributed by atoms with van der Waals surface area (Å²) < 4.78 is 1.45. The highest BCUT2D eigenvalue weighted by Crippen LogP contribution is 2.22. The van der Waals surface area contributed by atoms with E-state index >= 15 is 0 Å². The highest BCUT2D eigenvalue weighted by molar-refractivity contribution is 6.35. The number of nitrogens with one attached hydrogen (secondary N) is 1. The molecule has 2 aromatic carbocycles. The van der Waals surface area contributed by atoms with Gasteiger partial charge in [0.05, 0.1) is 12.1 Å². The molecule has 27 heavy (non-hydrogen) atoms. The summed E-state index contributed by atoms with van der Waals surface area (Å²) in [6.07, 6.45) is 1.54. The van der Waals surface area contributed by atoms with Crippen molar-refractivity contribution in [3.8, 4) is 0 Å². The Labute approximate surface area is 167 Å². The fourth-order valence-electron chi connectivity index (χ4n) is 2.82. The van der Waals surface area contributed by atoms with Crippen molar-refractivity contribution in [3.63, 3.8) is 0 Å². The van der Waals surface area contributed by atoms with Crippen LogP contribution in [0.25, 0.3) is 0 Å². The third-order valence-electron chi connectivity index (χ3n) is 4.32. The van der Waals surface area contributed by atoms with Gasteiger partial charge in [-0.1, -0.05) is 47.5 Å². The number of aryl methyl sites for hydroxylation is 2. The summed E-state index contributed by atoms with van der Waals surface area (Å²) in [6, 6.07) is 13.8. The van der Waals surface area contributed by atoms with Gasteiger partial charge in [0.1, 0.15) is 0 Å². The van der Waals surface area contributed by atoms with Crippen LogP contribution in [0.1, 0.15) is 27.0 Å². The van der Waals surface area contributed by atoms with Crippen LogP contribution in [0.5, 0.6) is 0 Å². The van der Waals surface area contributed by atoms with Crippen molar-refractivity contribution in [3.05, 3.63) is 97.4 Å². The van der Waals surface area contributed by atoms with Gasteiger partial charge in [0.25, 0.3) is 11.5 Å². The molecule has 6 heteroatoms. The van der Waals surface area contributed by atoms with E-state index in [0.717, 1.165) is 22.4 Å². The van der Waals surface area contributed by atoms with E-state index in [1.807, 2.05) is 32.0 Å². The fraction of sp³-hybridized carbons (Fsp3) is 0.143. The van der Waals surface area contributed by atoms with Crippen molar-refractivity contribution in [2.75, 3.05) is 5.32 Å². The van der Waals surface area contributed by atoms with Gasteiger partial charge in [-0.15, -0.1) is 0 Å². The number of anilines is 1. The van der Waals surface area contributed by atoms with Crippen LogP contribution in [0.4, 0.5) is 5.69 Å². The Hall–Kier alpha value is -2.56. The summed E-state index contributed by atoms with van der Waals surface area (Å²) >= 11 is 12.1. The molecule has 1 amide bonds. The lowest BCUT2D eigenvalue weighted by atomic mass is 10.1. The Kier molecular flexibility index (Phi) is 5.68. The molecule has 0 bridgehead atoms. The lowest BCUT2D eigenvalue weighted by Crippen LogP contribution is -2.23. The first-order chi connectivity index (χ1) is 12.8. The fourth-order valence-corrected chi connectivity index (χ4v) is 3.29. The number of pyridine rings is 1. The van der Waals surface area contributed by atoms with E-state index < -0.39 is 0 Å². The Balaban J connectivity index is 1.88. The second-order valence-corrected chi connectivity index (χ2v) is 7.18. The van der Waals surface area contributed by atoms with Gasteiger partial charge >= 0.3 is 0 Å². The summed E-state index contributed by atoms with van der Waals surface area (Å²) in [7, 11) is 0.